The van der Waals surface area contributed by atoms with Crippen molar-refractivity contribution in [3.8, 4) is 0 Å². The molecule has 1 heterocycles. The van der Waals surface area contributed by atoms with Crippen LogP contribution in [-0.4, -0.2) is 6.04 Å². The highest BCUT2D eigenvalue weighted by molar-refractivity contribution is 14.1. The quantitative estimate of drug-likeness (QED) is 0.822. The molecule has 18 heavy (non-hydrogen) atoms. The van der Waals surface area contributed by atoms with Crippen LogP contribution in [0.2, 0.25) is 0 Å². The van der Waals surface area contributed by atoms with Gasteiger partial charge in [0.1, 0.15) is 11.3 Å². The number of hydrogen-bond donors (Lipinski definition) is 1. The summed E-state index contributed by atoms with van der Waals surface area (Å²) in [7, 11) is 0. The molecule has 2 nitrogen and oxygen atoms in total. The third-order valence-corrected chi connectivity index (χ3v) is 4.14. The number of halogens is 1. The maximum atomic E-state index is 6.03. The molecule has 1 aliphatic rings. The molecule has 0 radical (unpaired) electrons. The molecule has 0 aliphatic heterocycles. The van der Waals surface area contributed by atoms with Gasteiger partial charge in [-0.15, -0.1) is 0 Å². The van der Waals surface area contributed by atoms with Gasteiger partial charge in [0, 0.05) is 20.6 Å². The minimum Gasteiger partial charge on any atom is -0.459 e. The second-order valence-electron chi connectivity index (χ2n) is 5.39. The fraction of sp³-hybridized carbons (Fsp3) is 0.467. The summed E-state index contributed by atoms with van der Waals surface area (Å²) in [5.74, 6) is 1.62. The van der Waals surface area contributed by atoms with Crippen LogP contribution < -0.4 is 5.32 Å². The first-order chi connectivity index (χ1) is 8.65. The molecule has 0 spiro atoms. The third kappa shape index (κ3) is 2.43. The summed E-state index contributed by atoms with van der Waals surface area (Å²) in [5, 5.41) is 4.83. The molecule has 2 aromatic rings. The Balaban J connectivity index is 2.02. The van der Waals surface area contributed by atoms with Crippen molar-refractivity contribution in [2.75, 3.05) is 0 Å². The molecular formula is C15H18INO. The van der Waals surface area contributed by atoms with Crippen LogP contribution in [0.25, 0.3) is 11.0 Å². The lowest BCUT2D eigenvalue weighted by molar-refractivity contribution is 0.503. The van der Waals surface area contributed by atoms with Crippen LogP contribution >= 0.6 is 22.6 Å². The van der Waals surface area contributed by atoms with E-state index in [1.807, 2.05) is 0 Å². The summed E-state index contributed by atoms with van der Waals surface area (Å²) >= 11 is 2.36. The maximum Gasteiger partial charge on any atom is 0.134 e. The van der Waals surface area contributed by atoms with Crippen LogP contribution in [0, 0.1) is 3.57 Å². The summed E-state index contributed by atoms with van der Waals surface area (Å²) < 4.78 is 7.30. The van der Waals surface area contributed by atoms with Crippen molar-refractivity contribution in [2.45, 2.75) is 45.2 Å². The van der Waals surface area contributed by atoms with Gasteiger partial charge in [0.2, 0.25) is 0 Å². The zero-order valence-electron chi connectivity index (χ0n) is 10.8. The Morgan fingerprint density at radius 3 is 2.83 bits per heavy atom. The normalized spacial score (nSPS) is 15.8. The molecule has 0 amide bonds. The van der Waals surface area contributed by atoms with Gasteiger partial charge in [-0.2, -0.15) is 0 Å². The molecule has 1 aromatic heterocycles. The SMILES string of the molecule is CC(C)c1c(CNC2CC2)oc2ccc(I)cc12. The molecule has 1 saturated carbocycles. The highest BCUT2D eigenvalue weighted by atomic mass is 127. The van der Waals surface area contributed by atoms with Crippen LogP contribution in [0.15, 0.2) is 22.6 Å². The van der Waals surface area contributed by atoms with Crippen molar-refractivity contribution in [3.05, 3.63) is 33.1 Å². The Bertz CT molecular complexity index is 569. The molecule has 0 atom stereocenters. The number of nitrogens with one attached hydrogen (secondary N) is 1. The number of benzene rings is 1. The van der Waals surface area contributed by atoms with E-state index in [2.05, 4.69) is 60.0 Å². The average molecular weight is 355 g/mol. The van der Waals surface area contributed by atoms with E-state index in [0.29, 0.717) is 5.92 Å². The molecule has 1 aliphatic carbocycles. The third-order valence-electron chi connectivity index (χ3n) is 3.47. The van der Waals surface area contributed by atoms with Gasteiger partial charge >= 0.3 is 0 Å². The molecule has 0 bridgehead atoms. The van der Waals surface area contributed by atoms with Crippen LogP contribution in [0.4, 0.5) is 0 Å². The number of rotatable bonds is 4. The van der Waals surface area contributed by atoms with Crippen LogP contribution in [0.5, 0.6) is 0 Å². The molecule has 1 fully saturated rings. The van der Waals surface area contributed by atoms with E-state index >= 15 is 0 Å². The molecule has 0 saturated heterocycles. The first kappa shape index (κ1) is 12.5. The molecule has 96 valence electrons. The van der Waals surface area contributed by atoms with Gasteiger partial charge in [0.05, 0.1) is 6.54 Å². The second-order valence-corrected chi connectivity index (χ2v) is 6.63. The second kappa shape index (κ2) is 4.85. The Kier molecular flexibility index (Phi) is 3.36. The molecular weight excluding hydrogens is 337 g/mol. The van der Waals surface area contributed by atoms with Gasteiger partial charge in [0.15, 0.2) is 0 Å². The van der Waals surface area contributed by atoms with Crippen molar-refractivity contribution < 1.29 is 4.42 Å². The Morgan fingerprint density at radius 1 is 1.39 bits per heavy atom. The topological polar surface area (TPSA) is 25.2 Å². The highest BCUT2D eigenvalue weighted by Crippen LogP contribution is 2.33. The smallest absolute Gasteiger partial charge is 0.134 e. The van der Waals surface area contributed by atoms with E-state index in [-0.39, 0.29) is 0 Å². The average Bonchev–Trinajstić information content (AvgIpc) is 3.07. The molecule has 0 unspecified atom stereocenters. The minimum absolute atomic E-state index is 0.500. The minimum atomic E-state index is 0.500. The summed E-state index contributed by atoms with van der Waals surface area (Å²) in [5.41, 5.74) is 2.39. The highest BCUT2D eigenvalue weighted by Gasteiger charge is 2.23. The Morgan fingerprint density at radius 2 is 2.17 bits per heavy atom. The van der Waals surface area contributed by atoms with Gasteiger partial charge in [-0.25, -0.2) is 0 Å². The lowest BCUT2D eigenvalue weighted by Crippen LogP contribution is -2.15. The summed E-state index contributed by atoms with van der Waals surface area (Å²) in [6, 6.07) is 7.14. The van der Waals surface area contributed by atoms with E-state index in [4.69, 9.17) is 4.42 Å². The van der Waals surface area contributed by atoms with Crippen LogP contribution in [0.1, 0.15) is 43.9 Å². The number of furan rings is 1. The summed E-state index contributed by atoms with van der Waals surface area (Å²) in [6.07, 6.45) is 2.63. The van der Waals surface area contributed by atoms with Gasteiger partial charge in [-0.3, -0.25) is 0 Å². The van der Waals surface area contributed by atoms with Crippen LogP contribution in [0.3, 0.4) is 0 Å². The molecule has 3 heteroatoms. The number of hydrogen-bond acceptors (Lipinski definition) is 2. The number of fused-ring (bicyclic) bond motifs is 1. The fourth-order valence-corrected chi connectivity index (χ4v) is 2.92. The molecule has 1 aromatic carbocycles. The summed E-state index contributed by atoms with van der Waals surface area (Å²) in [6.45, 7) is 5.35. The van der Waals surface area contributed by atoms with E-state index in [0.717, 1.165) is 23.9 Å². The van der Waals surface area contributed by atoms with Crippen molar-refractivity contribution in [2.24, 2.45) is 0 Å². The Labute approximate surface area is 121 Å². The lowest BCUT2D eigenvalue weighted by atomic mass is 9.99. The van der Waals surface area contributed by atoms with Crippen LogP contribution in [-0.2, 0) is 6.54 Å². The van der Waals surface area contributed by atoms with Gasteiger partial charge < -0.3 is 9.73 Å². The molecule has 3 rings (SSSR count). The monoisotopic (exact) mass is 355 g/mol. The van der Waals surface area contributed by atoms with Crippen molar-refractivity contribution in [1.82, 2.24) is 5.32 Å². The molecule has 1 N–H and O–H groups in total. The largest absolute Gasteiger partial charge is 0.459 e. The summed E-state index contributed by atoms with van der Waals surface area (Å²) in [4.78, 5) is 0. The van der Waals surface area contributed by atoms with Crippen molar-refractivity contribution >= 4 is 33.6 Å². The first-order valence-electron chi connectivity index (χ1n) is 6.59. The maximum absolute atomic E-state index is 6.03. The zero-order chi connectivity index (χ0) is 12.7. The fourth-order valence-electron chi connectivity index (χ4n) is 2.43. The standard InChI is InChI=1S/C15H18INO/c1-9(2)15-12-7-10(16)3-6-13(12)18-14(15)8-17-11-4-5-11/h3,6-7,9,11,17H,4-5,8H2,1-2H3. The van der Waals surface area contributed by atoms with Gasteiger partial charge in [0.25, 0.3) is 0 Å². The first-order valence-corrected chi connectivity index (χ1v) is 7.67. The van der Waals surface area contributed by atoms with E-state index < -0.39 is 0 Å². The zero-order valence-corrected chi connectivity index (χ0v) is 13.0. The lowest BCUT2D eigenvalue weighted by Gasteiger charge is -2.07. The van der Waals surface area contributed by atoms with E-state index in [9.17, 15) is 0 Å². The van der Waals surface area contributed by atoms with Crippen molar-refractivity contribution in [1.29, 1.82) is 0 Å². The van der Waals surface area contributed by atoms with E-state index in [1.165, 1.54) is 27.4 Å². The predicted molar refractivity (Wildman–Crippen MR) is 82.9 cm³/mol. The van der Waals surface area contributed by atoms with Gasteiger partial charge in [-0.05, 0) is 59.5 Å². The Hall–Kier alpha value is -0.550. The van der Waals surface area contributed by atoms with E-state index in [1.54, 1.807) is 0 Å². The van der Waals surface area contributed by atoms with Crippen molar-refractivity contribution in [3.63, 3.8) is 0 Å². The van der Waals surface area contributed by atoms with Gasteiger partial charge in [-0.1, -0.05) is 13.8 Å². The predicted octanol–water partition coefficient (Wildman–Crippen LogP) is 4.41.